The highest BCUT2D eigenvalue weighted by Gasteiger charge is 2.27. The van der Waals surface area contributed by atoms with Gasteiger partial charge in [0, 0.05) is 28.3 Å². The molecule has 3 aromatic rings. The van der Waals surface area contributed by atoms with Gasteiger partial charge in [-0.05, 0) is 42.3 Å². The van der Waals surface area contributed by atoms with Crippen LogP contribution in [0.4, 0.5) is 0 Å². The minimum Gasteiger partial charge on any atom is -0.497 e. The van der Waals surface area contributed by atoms with E-state index in [1.54, 1.807) is 32.4 Å². The minimum atomic E-state index is -0.287. The summed E-state index contributed by atoms with van der Waals surface area (Å²) in [6, 6.07) is 17.9. The van der Waals surface area contributed by atoms with Gasteiger partial charge in [0.05, 0.1) is 20.3 Å². The van der Waals surface area contributed by atoms with Gasteiger partial charge in [-0.3, -0.25) is 9.59 Å². The fourth-order valence-corrected chi connectivity index (χ4v) is 3.70. The van der Waals surface area contributed by atoms with Crippen molar-refractivity contribution in [1.29, 1.82) is 0 Å². The Labute approximate surface area is 169 Å². The topological polar surface area (TPSA) is 64.6 Å². The molecule has 0 aliphatic heterocycles. The molecule has 0 bridgehead atoms. The van der Waals surface area contributed by atoms with Crippen LogP contribution in [0.2, 0.25) is 0 Å². The predicted molar refractivity (Wildman–Crippen MR) is 111 cm³/mol. The van der Waals surface area contributed by atoms with Crippen LogP contribution in [0.15, 0.2) is 60.7 Å². The summed E-state index contributed by atoms with van der Waals surface area (Å²) in [7, 11) is 3.17. The van der Waals surface area contributed by atoms with Gasteiger partial charge < -0.3 is 14.8 Å². The van der Waals surface area contributed by atoms with E-state index in [1.807, 2.05) is 49.4 Å². The molecular formula is C24H21NO4. The molecular weight excluding hydrogens is 366 g/mol. The second-order valence-corrected chi connectivity index (χ2v) is 6.94. The minimum absolute atomic E-state index is 0.0462. The van der Waals surface area contributed by atoms with Crippen LogP contribution in [0.3, 0.4) is 0 Å². The van der Waals surface area contributed by atoms with Crippen LogP contribution in [-0.2, 0) is 0 Å². The first-order valence-electron chi connectivity index (χ1n) is 9.34. The summed E-state index contributed by atoms with van der Waals surface area (Å²) < 4.78 is 10.7. The summed E-state index contributed by atoms with van der Waals surface area (Å²) in [5.74, 6) is 1.02. The molecule has 5 nitrogen and oxygen atoms in total. The first-order valence-corrected chi connectivity index (χ1v) is 9.34. The van der Waals surface area contributed by atoms with Crippen molar-refractivity contribution in [3.05, 3.63) is 82.9 Å². The molecule has 0 aromatic heterocycles. The highest BCUT2D eigenvalue weighted by Crippen LogP contribution is 2.37. The first kappa shape index (κ1) is 18.7. The number of fused-ring (bicyclic) bond motifs is 3. The third-order valence-electron chi connectivity index (χ3n) is 5.24. The van der Waals surface area contributed by atoms with Gasteiger partial charge in [-0.25, -0.2) is 0 Å². The molecule has 3 aromatic carbocycles. The van der Waals surface area contributed by atoms with Crippen molar-refractivity contribution in [2.45, 2.75) is 13.0 Å². The van der Waals surface area contributed by atoms with E-state index in [0.29, 0.717) is 28.2 Å². The third kappa shape index (κ3) is 3.25. The van der Waals surface area contributed by atoms with Crippen molar-refractivity contribution < 1.29 is 19.1 Å². The molecule has 1 amide bonds. The van der Waals surface area contributed by atoms with Gasteiger partial charge in [0.15, 0.2) is 5.78 Å². The van der Waals surface area contributed by atoms with Crippen LogP contribution in [0, 0.1) is 0 Å². The fraction of sp³-hybridized carbons (Fsp3) is 0.167. The number of hydrogen-bond acceptors (Lipinski definition) is 4. The normalized spacial score (nSPS) is 12.7. The van der Waals surface area contributed by atoms with E-state index < -0.39 is 0 Å². The van der Waals surface area contributed by atoms with Crippen LogP contribution in [0.25, 0.3) is 11.1 Å². The Bertz CT molecular complexity index is 1120. The molecule has 1 atom stereocenters. The monoisotopic (exact) mass is 387 g/mol. The standard InChI is InChI=1S/C24H21NO4/c1-14(17-11-9-16(28-2)13-22(17)29-3)25-24(27)15-8-10-19-18-6-4-5-7-20(18)23(26)21(19)12-15/h4-14H,1-3H3,(H,25,27). The summed E-state index contributed by atoms with van der Waals surface area (Å²) in [5.41, 5.74) is 4.31. The molecule has 1 N–H and O–H groups in total. The Kier molecular flexibility index (Phi) is 4.80. The molecule has 4 rings (SSSR count). The Morgan fingerprint density at radius 1 is 0.862 bits per heavy atom. The SMILES string of the molecule is COc1ccc(C(C)NC(=O)c2ccc3c(c2)C(=O)c2ccccc2-3)c(OC)c1. The summed E-state index contributed by atoms with van der Waals surface area (Å²) in [6.07, 6.45) is 0. The van der Waals surface area contributed by atoms with E-state index in [-0.39, 0.29) is 17.7 Å². The second kappa shape index (κ2) is 7.43. The summed E-state index contributed by atoms with van der Waals surface area (Å²) in [6.45, 7) is 1.89. The lowest BCUT2D eigenvalue weighted by Gasteiger charge is -2.18. The van der Waals surface area contributed by atoms with Gasteiger partial charge in [-0.2, -0.15) is 0 Å². The maximum Gasteiger partial charge on any atom is 0.251 e. The van der Waals surface area contributed by atoms with E-state index >= 15 is 0 Å². The number of benzene rings is 3. The number of hydrogen-bond donors (Lipinski definition) is 1. The highest BCUT2D eigenvalue weighted by atomic mass is 16.5. The van der Waals surface area contributed by atoms with Crippen molar-refractivity contribution in [1.82, 2.24) is 5.32 Å². The lowest BCUT2D eigenvalue weighted by atomic mass is 10.0. The summed E-state index contributed by atoms with van der Waals surface area (Å²) in [5, 5.41) is 2.98. The highest BCUT2D eigenvalue weighted by molar-refractivity contribution is 6.22. The van der Waals surface area contributed by atoms with Crippen molar-refractivity contribution in [2.75, 3.05) is 14.2 Å². The lowest BCUT2D eigenvalue weighted by molar-refractivity contribution is 0.0939. The Balaban J connectivity index is 1.58. The third-order valence-corrected chi connectivity index (χ3v) is 5.24. The molecule has 1 aliphatic rings. The van der Waals surface area contributed by atoms with Gasteiger partial charge in [0.25, 0.3) is 5.91 Å². The van der Waals surface area contributed by atoms with Crippen LogP contribution in [-0.4, -0.2) is 25.9 Å². The molecule has 29 heavy (non-hydrogen) atoms. The molecule has 5 heteroatoms. The zero-order chi connectivity index (χ0) is 20.5. The molecule has 0 saturated carbocycles. The van der Waals surface area contributed by atoms with Gasteiger partial charge in [-0.1, -0.05) is 30.3 Å². The Morgan fingerprint density at radius 2 is 1.59 bits per heavy atom. The molecule has 1 unspecified atom stereocenters. The number of methoxy groups -OCH3 is 2. The average molecular weight is 387 g/mol. The molecule has 1 aliphatic carbocycles. The lowest BCUT2D eigenvalue weighted by Crippen LogP contribution is -2.27. The van der Waals surface area contributed by atoms with E-state index in [9.17, 15) is 9.59 Å². The zero-order valence-electron chi connectivity index (χ0n) is 16.5. The Hall–Kier alpha value is -3.60. The average Bonchev–Trinajstić information content (AvgIpc) is 3.05. The number of ketones is 1. The van der Waals surface area contributed by atoms with Crippen LogP contribution in [0.1, 0.15) is 44.8 Å². The summed E-state index contributed by atoms with van der Waals surface area (Å²) >= 11 is 0. The quantitative estimate of drug-likeness (QED) is 0.551. The number of carbonyl (C=O) groups excluding carboxylic acids is 2. The zero-order valence-corrected chi connectivity index (χ0v) is 16.5. The maximum atomic E-state index is 12.8. The Morgan fingerprint density at radius 3 is 2.31 bits per heavy atom. The predicted octanol–water partition coefficient (Wildman–Crippen LogP) is 4.41. The van der Waals surface area contributed by atoms with Gasteiger partial charge in [-0.15, -0.1) is 0 Å². The van der Waals surface area contributed by atoms with E-state index in [0.717, 1.165) is 16.7 Å². The molecule has 0 fully saturated rings. The molecule has 0 saturated heterocycles. The fourth-order valence-electron chi connectivity index (χ4n) is 3.70. The maximum absolute atomic E-state index is 12.8. The number of nitrogens with one attached hydrogen (secondary N) is 1. The van der Waals surface area contributed by atoms with Crippen molar-refractivity contribution in [2.24, 2.45) is 0 Å². The number of carbonyl (C=O) groups is 2. The molecule has 0 radical (unpaired) electrons. The van der Waals surface area contributed by atoms with Gasteiger partial charge >= 0.3 is 0 Å². The number of ether oxygens (including phenoxy) is 2. The summed E-state index contributed by atoms with van der Waals surface area (Å²) in [4.78, 5) is 25.5. The largest absolute Gasteiger partial charge is 0.497 e. The smallest absolute Gasteiger partial charge is 0.251 e. The number of amides is 1. The molecule has 146 valence electrons. The van der Waals surface area contributed by atoms with Crippen molar-refractivity contribution in [3.63, 3.8) is 0 Å². The van der Waals surface area contributed by atoms with Crippen molar-refractivity contribution in [3.8, 4) is 22.6 Å². The van der Waals surface area contributed by atoms with Crippen LogP contribution in [0.5, 0.6) is 11.5 Å². The number of rotatable bonds is 5. The van der Waals surface area contributed by atoms with Gasteiger partial charge in [0.2, 0.25) is 0 Å². The van der Waals surface area contributed by atoms with Crippen molar-refractivity contribution >= 4 is 11.7 Å². The van der Waals surface area contributed by atoms with E-state index in [4.69, 9.17) is 9.47 Å². The van der Waals surface area contributed by atoms with Gasteiger partial charge in [0.1, 0.15) is 11.5 Å². The van der Waals surface area contributed by atoms with E-state index in [2.05, 4.69) is 5.32 Å². The van der Waals surface area contributed by atoms with E-state index in [1.165, 1.54) is 0 Å². The van der Waals surface area contributed by atoms with Crippen LogP contribution < -0.4 is 14.8 Å². The molecule has 0 spiro atoms. The van der Waals surface area contributed by atoms with Crippen LogP contribution >= 0.6 is 0 Å². The second-order valence-electron chi connectivity index (χ2n) is 6.94. The first-order chi connectivity index (χ1) is 14.0. The molecule has 0 heterocycles.